The number of nitrogens with zero attached hydrogens (tertiary/aromatic N) is 2. The summed E-state index contributed by atoms with van der Waals surface area (Å²) in [7, 11) is 0. The number of hydrogen-bond donors (Lipinski definition) is 0. The number of fused-ring (bicyclic) bond motifs is 1. The number of para-hydroxylation sites is 1. The van der Waals surface area contributed by atoms with Crippen LogP contribution in [0, 0.1) is 5.82 Å². The molecule has 0 N–H and O–H groups in total. The first kappa shape index (κ1) is 11.5. The zero-order valence-corrected chi connectivity index (χ0v) is 10.5. The number of aryl methyl sites for hydroxylation is 1. The van der Waals surface area contributed by atoms with Crippen molar-refractivity contribution in [2.75, 3.05) is 11.4 Å². The molecular weight excluding hydrogens is 251 g/mol. The van der Waals surface area contributed by atoms with E-state index in [-0.39, 0.29) is 5.82 Å². The molecule has 18 heavy (non-hydrogen) atoms. The van der Waals surface area contributed by atoms with E-state index in [1.807, 2.05) is 23.1 Å². The molecule has 0 spiro atoms. The van der Waals surface area contributed by atoms with Gasteiger partial charge in [0.2, 0.25) is 0 Å². The highest BCUT2D eigenvalue weighted by molar-refractivity contribution is 6.30. The highest BCUT2D eigenvalue weighted by Crippen LogP contribution is 2.33. The SMILES string of the molecule is Fc1cc(Cl)cnc1N1CCCc2ccccc21. The van der Waals surface area contributed by atoms with Crippen LogP contribution < -0.4 is 4.90 Å². The minimum absolute atomic E-state index is 0.321. The van der Waals surface area contributed by atoms with Crippen LogP contribution in [0.2, 0.25) is 5.02 Å². The molecule has 1 aromatic carbocycles. The Labute approximate surface area is 110 Å². The van der Waals surface area contributed by atoms with Gasteiger partial charge in [-0.05, 0) is 30.5 Å². The fourth-order valence-corrected chi connectivity index (χ4v) is 2.50. The summed E-state index contributed by atoms with van der Waals surface area (Å²) >= 11 is 5.74. The smallest absolute Gasteiger partial charge is 0.169 e. The highest BCUT2D eigenvalue weighted by atomic mass is 35.5. The van der Waals surface area contributed by atoms with Crippen molar-refractivity contribution in [1.82, 2.24) is 4.98 Å². The molecule has 2 heterocycles. The Balaban J connectivity index is 2.08. The summed E-state index contributed by atoms with van der Waals surface area (Å²) in [5, 5.41) is 0.321. The van der Waals surface area contributed by atoms with E-state index in [1.165, 1.54) is 17.8 Å². The predicted molar refractivity (Wildman–Crippen MR) is 71.0 cm³/mol. The fourth-order valence-electron chi connectivity index (χ4n) is 2.36. The molecule has 92 valence electrons. The monoisotopic (exact) mass is 262 g/mol. The molecule has 0 aliphatic carbocycles. The van der Waals surface area contributed by atoms with E-state index < -0.39 is 0 Å². The Hall–Kier alpha value is -1.61. The summed E-state index contributed by atoms with van der Waals surface area (Å²) in [4.78, 5) is 6.04. The molecule has 0 atom stereocenters. The molecule has 4 heteroatoms. The third-order valence-corrected chi connectivity index (χ3v) is 3.36. The van der Waals surface area contributed by atoms with E-state index in [0.717, 1.165) is 25.1 Å². The van der Waals surface area contributed by atoms with Gasteiger partial charge < -0.3 is 4.90 Å². The van der Waals surface area contributed by atoms with Crippen LogP contribution >= 0.6 is 11.6 Å². The van der Waals surface area contributed by atoms with Crippen LogP contribution in [0.1, 0.15) is 12.0 Å². The Morgan fingerprint density at radius 3 is 2.94 bits per heavy atom. The van der Waals surface area contributed by atoms with Crippen molar-refractivity contribution in [3.8, 4) is 0 Å². The van der Waals surface area contributed by atoms with Gasteiger partial charge in [0, 0.05) is 18.4 Å². The molecule has 1 aliphatic heterocycles. The van der Waals surface area contributed by atoms with E-state index in [2.05, 4.69) is 11.1 Å². The molecule has 0 fully saturated rings. The maximum Gasteiger partial charge on any atom is 0.169 e. The molecule has 3 rings (SSSR count). The lowest BCUT2D eigenvalue weighted by Gasteiger charge is -2.30. The summed E-state index contributed by atoms with van der Waals surface area (Å²) < 4.78 is 13.9. The average molecular weight is 263 g/mol. The summed E-state index contributed by atoms with van der Waals surface area (Å²) in [6.07, 6.45) is 3.51. The second-order valence-corrected chi connectivity index (χ2v) is 4.78. The van der Waals surface area contributed by atoms with Crippen LogP contribution in [0.4, 0.5) is 15.9 Å². The quantitative estimate of drug-likeness (QED) is 0.773. The first-order chi connectivity index (χ1) is 8.75. The Kier molecular flexibility index (Phi) is 2.92. The van der Waals surface area contributed by atoms with Crippen LogP contribution in [-0.4, -0.2) is 11.5 Å². The summed E-state index contributed by atoms with van der Waals surface area (Å²) in [5.74, 6) is -0.0225. The van der Waals surface area contributed by atoms with E-state index in [4.69, 9.17) is 11.6 Å². The standard InChI is InChI=1S/C14H12ClFN2/c15-11-8-12(16)14(17-9-11)18-7-3-5-10-4-1-2-6-13(10)18/h1-2,4,6,8-9H,3,5,7H2. The summed E-state index contributed by atoms with van der Waals surface area (Å²) in [5.41, 5.74) is 2.28. The number of benzene rings is 1. The molecule has 0 saturated heterocycles. The summed E-state index contributed by atoms with van der Waals surface area (Å²) in [6, 6.07) is 9.36. The first-order valence-corrected chi connectivity index (χ1v) is 6.30. The maximum atomic E-state index is 13.9. The average Bonchev–Trinajstić information content (AvgIpc) is 2.38. The number of pyridine rings is 1. The Bertz CT molecular complexity index is 586. The lowest BCUT2D eigenvalue weighted by molar-refractivity contribution is 0.613. The largest absolute Gasteiger partial charge is 0.324 e. The normalized spacial score (nSPS) is 14.4. The third-order valence-electron chi connectivity index (χ3n) is 3.15. The van der Waals surface area contributed by atoms with Crippen molar-refractivity contribution in [3.05, 3.63) is 52.9 Å². The second-order valence-electron chi connectivity index (χ2n) is 4.34. The van der Waals surface area contributed by atoms with Gasteiger partial charge >= 0.3 is 0 Å². The van der Waals surface area contributed by atoms with Crippen LogP contribution in [0.15, 0.2) is 36.5 Å². The third kappa shape index (κ3) is 1.95. The minimum atomic E-state index is -0.376. The van der Waals surface area contributed by atoms with Crippen molar-refractivity contribution in [3.63, 3.8) is 0 Å². The molecule has 2 aromatic rings. The second kappa shape index (κ2) is 4.58. The van der Waals surface area contributed by atoms with Crippen molar-refractivity contribution >= 4 is 23.1 Å². The molecule has 0 amide bonds. The number of aromatic nitrogens is 1. The van der Waals surface area contributed by atoms with Crippen LogP contribution in [0.5, 0.6) is 0 Å². The fraction of sp³-hybridized carbons (Fsp3) is 0.214. The topological polar surface area (TPSA) is 16.1 Å². The highest BCUT2D eigenvalue weighted by Gasteiger charge is 2.21. The van der Waals surface area contributed by atoms with E-state index in [9.17, 15) is 4.39 Å². The van der Waals surface area contributed by atoms with Crippen LogP contribution in [0.3, 0.4) is 0 Å². The van der Waals surface area contributed by atoms with E-state index in [1.54, 1.807) is 0 Å². The van der Waals surface area contributed by atoms with Gasteiger partial charge in [-0.25, -0.2) is 9.37 Å². The number of anilines is 2. The Morgan fingerprint density at radius 1 is 1.28 bits per heavy atom. The predicted octanol–water partition coefficient (Wildman–Crippen LogP) is 3.96. The number of hydrogen-bond acceptors (Lipinski definition) is 2. The van der Waals surface area contributed by atoms with E-state index in [0.29, 0.717) is 10.8 Å². The molecule has 0 unspecified atom stereocenters. The van der Waals surface area contributed by atoms with Gasteiger partial charge in [-0.15, -0.1) is 0 Å². The molecule has 1 aliphatic rings. The van der Waals surface area contributed by atoms with Gasteiger partial charge in [0.05, 0.1) is 5.02 Å². The lowest BCUT2D eigenvalue weighted by Crippen LogP contribution is -2.26. The van der Waals surface area contributed by atoms with Crippen molar-refractivity contribution < 1.29 is 4.39 Å². The molecule has 2 nitrogen and oxygen atoms in total. The summed E-state index contributed by atoms with van der Waals surface area (Å²) in [6.45, 7) is 0.780. The van der Waals surface area contributed by atoms with Crippen LogP contribution in [0.25, 0.3) is 0 Å². The molecule has 0 bridgehead atoms. The lowest BCUT2D eigenvalue weighted by atomic mass is 10.0. The van der Waals surface area contributed by atoms with Crippen molar-refractivity contribution in [1.29, 1.82) is 0 Å². The van der Waals surface area contributed by atoms with Gasteiger partial charge in [-0.2, -0.15) is 0 Å². The van der Waals surface area contributed by atoms with Gasteiger partial charge in [0.25, 0.3) is 0 Å². The van der Waals surface area contributed by atoms with Gasteiger partial charge in [-0.3, -0.25) is 0 Å². The van der Waals surface area contributed by atoms with Crippen LogP contribution in [-0.2, 0) is 6.42 Å². The Morgan fingerprint density at radius 2 is 2.11 bits per heavy atom. The first-order valence-electron chi connectivity index (χ1n) is 5.92. The van der Waals surface area contributed by atoms with Crippen molar-refractivity contribution in [2.45, 2.75) is 12.8 Å². The van der Waals surface area contributed by atoms with Gasteiger partial charge in [0.1, 0.15) is 0 Å². The minimum Gasteiger partial charge on any atom is -0.324 e. The number of rotatable bonds is 1. The van der Waals surface area contributed by atoms with E-state index >= 15 is 0 Å². The van der Waals surface area contributed by atoms with Crippen molar-refractivity contribution in [2.24, 2.45) is 0 Å². The molecular formula is C14H12ClFN2. The molecule has 0 saturated carbocycles. The zero-order chi connectivity index (χ0) is 12.5. The maximum absolute atomic E-state index is 13.9. The van der Waals surface area contributed by atoms with Gasteiger partial charge in [0.15, 0.2) is 11.6 Å². The molecule has 1 aromatic heterocycles. The molecule has 0 radical (unpaired) electrons. The number of halogens is 2. The zero-order valence-electron chi connectivity index (χ0n) is 9.74. The van der Waals surface area contributed by atoms with Gasteiger partial charge in [-0.1, -0.05) is 29.8 Å².